The first-order chi connectivity index (χ1) is 8.86. The first kappa shape index (κ1) is 10.8. The molecule has 18 heavy (non-hydrogen) atoms. The Kier molecular flexibility index (Phi) is 2.73. The van der Waals surface area contributed by atoms with Crippen LogP contribution < -0.4 is 5.32 Å². The fourth-order valence-corrected chi connectivity index (χ4v) is 2.18. The number of benzene rings is 1. The van der Waals surface area contributed by atoms with Crippen LogP contribution in [0.25, 0.3) is 10.9 Å². The Bertz CT molecular complexity index is 670. The molecule has 0 amide bonds. The second-order valence-electron chi connectivity index (χ2n) is 4.30. The number of nitrogens with one attached hydrogen (secondary N) is 1. The van der Waals surface area contributed by atoms with Crippen molar-refractivity contribution in [3.8, 4) is 0 Å². The summed E-state index contributed by atoms with van der Waals surface area (Å²) in [6, 6.07) is 14.7. The molecule has 0 aliphatic rings. The summed E-state index contributed by atoms with van der Waals surface area (Å²) in [5.74, 6) is 0.906. The van der Waals surface area contributed by atoms with E-state index in [9.17, 15) is 0 Å². The molecule has 2 aromatic heterocycles. The van der Waals surface area contributed by atoms with E-state index < -0.39 is 0 Å². The van der Waals surface area contributed by atoms with Crippen molar-refractivity contribution in [2.45, 2.75) is 6.54 Å². The lowest BCUT2D eigenvalue weighted by molar-refractivity contribution is 0.835. The number of hydrogen-bond donors (Lipinski definition) is 1. The Balaban J connectivity index is 1.96. The summed E-state index contributed by atoms with van der Waals surface area (Å²) in [7, 11) is 1.89. The molecule has 2 heterocycles. The molecule has 1 aromatic carbocycles. The number of rotatable bonds is 3. The Morgan fingerprint density at radius 1 is 1.17 bits per heavy atom. The Morgan fingerprint density at radius 3 is 2.94 bits per heavy atom. The zero-order valence-corrected chi connectivity index (χ0v) is 10.3. The third kappa shape index (κ3) is 1.95. The van der Waals surface area contributed by atoms with E-state index in [2.05, 4.69) is 63.5 Å². The average molecular weight is 237 g/mol. The molecule has 0 saturated carbocycles. The maximum absolute atomic E-state index is 4.23. The lowest BCUT2D eigenvalue weighted by Gasteiger charge is -2.07. The quantitative estimate of drug-likeness (QED) is 0.758. The van der Waals surface area contributed by atoms with Crippen molar-refractivity contribution < 1.29 is 0 Å². The number of aromatic nitrogens is 2. The summed E-state index contributed by atoms with van der Waals surface area (Å²) < 4.78 is 2.25. The van der Waals surface area contributed by atoms with Gasteiger partial charge in [0.15, 0.2) is 0 Å². The molecule has 0 aliphatic heterocycles. The van der Waals surface area contributed by atoms with E-state index in [0.29, 0.717) is 0 Å². The van der Waals surface area contributed by atoms with Gasteiger partial charge in [-0.15, -0.1) is 0 Å². The van der Waals surface area contributed by atoms with Gasteiger partial charge in [-0.3, -0.25) is 0 Å². The van der Waals surface area contributed by atoms with E-state index in [0.717, 1.165) is 12.4 Å². The largest absolute Gasteiger partial charge is 0.373 e. The van der Waals surface area contributed by atoms with E-state index in [1.54, 1.807) is 0 Å². The molecule has 0 fully saturated rings. The molecule has 0 saturated heterocycles. The molecule has 0 bridgehead atoms. The van der Waals surface area contributed by atoms with Crippen LogP contribution >= 0.6 is 0 Å². The highest BCUT2D eigenvalue weighted by molar-refractivity contribution is 5.80. The molecule has 0 unspecified atom stereocenters. The second-order valence-corrected chi connectivity index (χ2v) is 4.30. The van der Waals surface area contributed by atoms with Gasteiger partial charge in [0.1, 0.15) is 5.82 Å². The number of fused-ring (bicyclic) bond motifs is 1. The Hall–Kier alpha value is -2.29. The minimum atomic E-state index is 0.866. The summed E-state index contributed by atoms with van der Waals surface area (Å²) in [5, 5.41) is 4.34. The van der Waals surface area contributed by atoms with Crippen LogP contribution in [0.1, 0.15) is 5.56 Å². The highest BCUT2D eigenvalue weighted by Gasteiger charge is 2.01. The van der Waals surface area contributed by atoms with Crippen LogP contribution in [-0.2, 0) is 6.54 Å². The molecule has 90 valence electrons. The van der Waals surface area contributed by atoms with Gasteiger partial charge in [-0.2, -0.15) is 0 Å². The van der Waals surface area contributed by atoms with Crippen molar-refractivity contribution in [2.24, 2.45) is 0 Å². The number of para-hydroxylation sites is 1. The van der Waals surface area contributed by atoms with Gasteiger partial charge in [0.25, 0.3) is 0 Å². The number of nitrogens with zero attached hydrogens (tertiary/aromatic N) is 2. The van der Waals surface area contributed by atoms with Crippen LogP contribution in [-0.4, -0.2) is 16.6 Å². The number of hydrogen-bond acceptors (Lipinski definition) is 2. The van der Waals surface area contributed by atoms with E-state index in [4.69, 9.17) is 0 Å². The van der Waals surface area contributed by atoms with E-state index in [-0.39, 0.29) is 0 Å². The highest BCUT2D eigenvalue weighted by Crippen LogP contribution is 2.17. The molecule has 3 aromatic rings. The standard InChI is InChI=1S/C15H15N3/c1-16-15-10-12(6-8-17-15)11-18-9-7-13-4-2-3-5-14(13)18/h2-10H,11H2,1H3,(H,16,17). The highest BCUT2D eigenvalue weighted by atomic mass is 15.0. The van der Waals surface area contributed by atoms with Gasteiger partial charge < -0.3 is 9.88 Å². The molecule has 1 N–H and O–H groups in total. The smallest absolute Gasteiger partial charge is 0.125 e. The van der Waals surface area contributed by atoms with Crippen molar-refractivity contribution in [3.63, 3.8) is 0 Å². The first-order valence-corrected chi connectivity index (χ1v) is 6.03. The molecular weight excluding hydrogens is 222 g/mol. The summed E-state index contributed by atoms with van der Waals surface area (Å²) in [6.45, 7) is 0.866. The van der Waals surface area contributed by atoms with Gasteiger partial charge in [0.05, 0.1) is 0 Å². The molecule has 3 rings (SSSR count). The first-order valence-electron chi connectivity index (χ1n) is 6.03. The third-order valence-electron chi connectivity index (χ3n) is 3.11. The monoisotopic (exact) mass is 237 g/mol. The molecular formula is C15H15N3. The molecule has 3 heteroatoms. The molecule has 0 spiro atoms. The van der Waals surface area contributed by atoms with Gasteiger partial charge in [0, 0.05) is 31.5 Å². The predicted molar refractivity (Wildman–Crippen MR) is 74.8 cm³/mol. The van der Waals surface area contributed by atoms with Gasteiger partial charge in [-0.05, 0) is 35.2 Å². The summed E-state index contributed by atoms with van der Waals surface area (Å²) in [6.07, 6.45) is 3.97. The van der Waals surface area contributed by atoms with Crippen LogP contribution in [0, 0.1) is 0 Å². The fourth-order valence-electron chi connectivity index (χ4n) is 2.18. The minimum Gasteiger partial charge on any atom is -0.373 e. The maximum atomic E-state index is 4.23. The minimum absolute atomic E-state index is 0.866. The van der Waals surface area contributed by atoms with Gasteiger partial charge in [-0.25, -0.2) is 4.98 Å². The van der Waals surface area contributed by atoms with Gasteiger partial charge >= 0.3 is 0 Å². The summed E-state index contributed by atoms with van der Waals surface area (Å²) in [4.78, 5) is 4.23. The Morgan fingerprint density at radius 2 is 2.06 bits per heavy atom. The van der Waals surface area contributed by atoms with Gasteiger partial charge in [-0.1, -0.05) is 18.2 Å². The van der Waals surface area contributed by atoms with Crippen LogP contribution in [0.15, 0.2) is 54.9 Å². The molecule has 0 aliphatic carbocycles. The van der Waals surface area contributed by atoms with Crippen molar-refractivity contribution in [1.82, 2.24) is 9.55 Å². The van der Waals surface area contributed by atoms with Crippen molar-refractivity contribution in [2.75, 3.05) is 12.4 Å². The lowest BCUT2D eigenvalue weighted by atomic mass is 10.2. The van der Waals surface area contributed by atoms with Crippen LogP contribution in [0.2, 0.25) is 0 Å². The zero-order chi connectivity index (χ0) is 12.4. The number of pyridine rings is 1. The molecule has 0 radical (unpaired) electrons. The summed E-state index contributed by atoms with van der Waals surface area (Å²) >= 11 is 0. The van der Waals surface area contributed by atoms with Gasteiger partial charge in [0.2, 0.25) is 0 Å². The maximum Gasteiger partial charge on any atom is 0.125 e. The summed E-state index contributed by atoms with van der Waals surface area (Å²) in [5.41, 5.74) is 2.51. The van der Waals surface area contributed by atoms with Crippen LogP contribution in [0.5, 0.6) is 0 Å². The predicted octanol–water partition coefficient (Wildman–Crippen LogP) is 3.13. The zero-order valence-electron chi connectivity index (χ0n) is 10.3. The van der Waals surface area contributed by atoms with E-state index in [1.165, 1.54) is 16.5 Å². The molecule has 3 nitrogen and oxygen atoms in total. The van der Waals surface area contributed by atoms with Crippen molar-refractivity contribution >= 4 is 16.7 Å². The van der Waals surface area contributed by atoms with Crippen molar-refractivity contribution in [1.29, 1.82) is 0 Å². The third-order valence-corrected chi connectivity index (χ3v) is 3.11. The number of anilines is 1. The fraction of sp³-hybridized carbons (Fsp3) is 0.133. The van der Waals surface area contributed by atoms with Crippen LogP contribution in [0.4, 0.5) is 5.82 Å². The molecule has 0 atom stereocenters. The average Bonchev–Trinajstić information content (AvgIpc) is 2.83. The van der Waals surface area contributed by atoms with E-state index >= 15 is 0 Å². The second kappa shape index (κ2) is 4.53. The SMILES string of the molecule is CNc1cc(Cn2ccc3ccccc32)ccn1. The Labute approximate surface area is 106 Å². The normalized spacial score (nSPS) is 10.7. The van der Waals surface area contributed by atoms with Crippen LogP contribution in [0.3, 0.4) is 0 Å². The van der Waals surface area contributed by atoms with E-state index in [1.807, 2.05) is 13.2 Å². The lowest BCUT2D eigenvalue weighted by Crippen LogP contribution is -1.99. The van der Waals surface area contributed by atoms with Crippen molar-refractivity contribution in [3.05, 3.63) is 60.4 Å². The topological polar surface area (TPSA) is 29.9 Å².